The van der Waals surface area contributed by atoms with Crippen molar-refractivity contribution in [3.63, 3.8) is 0 Å². The molecule has 0 fully saturated rings. The molecule has 0 rings (SSSR count). The van der Waals surface area contributed by atoms with Crippen LogP contribution < -0.4 is 5.32 Å². The van der Waals surface area contributed by atoms with E-state index < -0.39 is 5.97 Å². The summed E-state index contributed by atoms with van der Waals surface area (Å²) in [6, 6.07) is 0. The van der Waals surface area contributed by atoms with E-state index in [-0.39, 0.29) is 12.5 Å². The Balaban J connectivity index is 3.42. The van der Waals surface area contributed by atoms with Gasteiger partial charge in [-0.3, -0.25) is 9.59 Å². The van der Waals surface area contributed by atoms with Gasteiger partial charge in [0.2, 0.25) is 5.91 Å². The molecule has 4 nitrogen and oxygen atoms in total. The van der Waals surface area contributed by atoms with E-state index in [2.05, 4.69) is 12.2 Å². The van der Waals surface area contributed by atoms with Gasteiger partial charge >= 0.3 is 5.97 Å². The first-order valence-corrected chi connectivity index (χ1v) is 7.49. The maximum Gasteiger partial charge on any atom is 0.322 e. The van der Waals surface area contributed by atoms with E-state index in [9.17, 15) is 9.59 Å². The summed E-state index contributed by atoms with van der Waals surface area (Å²) in [6.45, 7) is 1.88. The van der Waals surface area contributed by atoms with Gasteiger partial charge in [0.25, 0.3) is 0 Å². The Morgan fingerprint density at radius 1 is 1.00 bits per heavy atom. The van der Waals surface area contributed by atoms with Gasteiger partial charge in [0.15, 0.2) is 0 Å². The molecule has 0 aliphatic carbocycles. The summed E-state index contributed by atoms with van der Waals surface area (Å²) in [7, 11) is 0. The predicted octanol–water partition coefficient (Wildman–Crippen LogP) is 3.44. The molecule has 0 unspecified atom stereocenters. The minimum absolute atomic E-state index is 0.342. The number of carbonyl (C=O) groups is 2. The number of rotatable bonds is 12. The van der Waals surface area contributed by atoms with Crippen LogP contribution in [0.4, 0.5) is 0 Å². The zero-order valence-corrected chi connectivity index (χ0v) is 12.4. The minimum Gasteiger partial charge on any atom is -0.480 e. The van der Waals surface area contributed by atoms with Gasteiger partial charge in [-0.05, 0) is 12.8 Å². The maximum atomic E-state index is 11.1. The zero-order valence-electron chi connectivity index (χ0n) is 12.4. The lowest BCUT2D eigenvalue weighted by Gasteiger charge is -1.98. The van der Waals surface area contributed by atoms with E-state index in [4.69, 9.17) is 5.11 Å². The van der Waals surface area contributed by atoms with Gasteiger partial charge in [0.05, 0.1) is 0 Å². The Hall–Kier alpha value is -1.58. The van der Waals surface area contributed by atoms with Crippen molar-refractivity contribution in [3.8, 4) is 0 Å². The number of carboxylic acids is 1. The highest BCUT2D eigenvalue weighted by molar-refractivity contribution is 5.90. The van der Waals surface area contributed by atoms with Crippen molar-refractivity contribution in [2.45, 2.75) is 58.3 Å². The van der Waals surface area contributed by atoms with Crippen molar-refractivity contribution in [2.75, 3.05) is 6.54 Å². The van der Waals surface area contributed by atoms with Crippen molar-refractivity contribution >= 4 is 11.9 Å². The molecule has 0 heterocycles. The van der Waals surface area contributed by atoms with E-state index in [0.717, 1.165) is 6.42 Å². The van der Waals surface area contributed by atoms with Crippen molar-refractivity contribution in [3.05, 3.63) is 24.3 Å². The highest BCUT2D eigenvalue weighted by Crippen LogP contribution is 2.08. The van der Waals surface area contributed by atoms with Crippen LogP contribution in [-0.4, -0.2) is 23.5 Å². The van der Waals surface area contributed by atoms with Gasteiger partial charge in [0.1, 0.15) is 6.54 Å². The monoisotopic (exact) mass is 281 g/mol. The third-order valence-electron chi connectivity index (χ3n) is 2.88. The van der Waals surface area contributed by atoms with Gasteiger partial charge < -0.3 is 10.4 Å². The standard InChI is InChI=1S/C16H27NO3/c1-2-3-4-5-6-7-8-9-10-11-12-13-15(18)17-14-16(19)20/h10-13H,2-9,14H2,1H3,(H,17,18)(H,19,20)/b11-10+,13-12+. The van der Waals surface area contributed by atoms with Crippen LogP contribution in [0, 0.1) is 0 Å². The third kappa shape index (κ3) is 14.5. The van der Waals surface area contributed by atoms with Crippen molar-refractivity contribution in [1.29, 1.82) is 0 Å². The smallest absolute Gasteiger partial charge is 0.322 e. The van der Waals surface area contributed by atoms with Crippen LogP contribution in [0.15, 0.2) is 24.3 Å². The van der Waals surface area contributed by atoms with Gasteiger partial charge in [-0.2, -0.15) is 0 Å². The molecule has 1 amide bonds. The highest BCUT2D eigenvalue weighted by atomic mass is 16.4. The second-order valence-electron chi connectivity index (χ2n) is 4.81. The van der Waals surface area contributed by atoms with E-state index in [0.29, 0.717) is 0 Å². The molecule has 114 valence electrons. The quantitative estimate of drug-likeness (QED) is 0.327. The molecular weight excluding hydrogens is 254 g/mol. The van der Waals surface area contributed by atoms with Crippen LogP contribution >= 0.6 is 0 Å². The average molecular weight is 281 g/mol. The molecule has 0 spiro atoms. The van der Waals surface area contributed by atoms with E-state index >= 15 is 0 Å². The van der Waals surface area contributed by atoms with Crippen molar-refractivity contribution < 1.29 is 14.7 Å². The first-order valence-electron chi connectivity index (χ1n) is 7.49. The number of aliphatic carboxylic acids is 1. The number of amides is 1. The molecule has 0 aromatic rings. The first kappa shape index (κ1) is 18.4. The predicted molar refractivity (Wildman–Crippen MR) is 81.5 cm³/mol. The molecule has 0 aromatic heterocycles. The summed E-state index contributed by atoms with van der Waals surface area (Å²) in [6.07, 6.45) is 16.9. The second-order valence-corrected chi connectivity index (χ2v) is 4.81. The Kier molecular flexibility index (Phi) is 12.7. The number of carbonyl (C=O) groups excluding carboxylic acids is 1. The van der Waals surface area contributed by atoms with Crippen molar-refractivity contribution in [1.82, 2.24) is 5.32 Å². The van der Waals surface area contributed by atoms with Crippen LogP contribution in [0.1, 0.15) is 58.3 Å². The highest BCUT2D eigenvalue weighted by Gasteiger charge is 1.97. The molecule has 0 radical (unpaired) electrons. The number of unbranched alkanes of at least 4 members (excludes halogenated alkanes) is 7. The molecule has 2 N–H and O–H groups in total. The summed E-state index contributed by atoms with van der Waals surface area (Å²) in [4.78, 5) is 21.3. The Morgan fingerprint density at radius 2 is 1.65 bits per heavy atom. The number of hydrogen-bond donors (Lipinski definition) is 2. The second kappa shape index (κ2) is 13.8. The molecular formula is C16H27NO3. The summed E-state index contributed by atoms with van der Waals surface area (Å²) < 4.78 is 0. The third-order valence-corrected chi connectivity index (χ3v) is 2.88. The Bertz CT molecular complexity index is 322. The molecule has 0 saturated heterocycles. The van der Waals surface area contributed by atoms with Crippen LogP contribution in [0.5, 0.6) is 0 Å². The van der Waals surface area contributed by atoms with Gasteiger partial charge in [0, 0.05) is 6.08 Å². The Labute approximate surface area is 122 Å². The zero-order chi connectivity index (χ0) is 15.1. The van der Waals surface area contributed by atoms with E-state index in [1.165, 1.54) is 51.0 Å². The molecule has 4 heteroatoms. The molecule has 20 heavy (non-hydrogen) atoms. The summed E-state index contributed by atoms with van der Waals surface area (Å²) in [5, 5.41) is 10.6. The minimum atomic E-state index is -1.04. The van der Waals surface area contributed by atoms with E-state index in [1.807, 2.05) is 12.2 Å². The van der Waals surface area contributed by atoms with Gasteiger partial charge in [-0.15, -0.1) is 0 Å². The number of allylic oxidation sites excluding steroid dienone is 3. The topological polar surface area (TPSA) is 66.4 Å². The van der Waals surface area contributed by atoms with Crippen molar-refractivity contribution in [2.24, 2.45) is 0 Å². The molecule has 0 saturated carbocycles. The SMILES string of the molecule is CCCCCCCCC/C=C/C=C/C(=O)NCC(=O)O. The van der Waals surface area contributed by atoms with Gasteiger partial charge in [-0.25, -0.2) is 0 Å². The summed E-state index contributed by atoms with van der Waals surface area (Å²) >= 11 is 0. The van der Waals surface area contributed by atoms with Gasteiger partial charge in [-0.1, -0.05) is 63.7 Å². The van der Waals surface area contributed by atoms with Crippen LogP contribution in [0.25, 0.3) is 0 Å². The van der Waals surface area contributed by atoms with Crippen LogP contribution in [0.2, 0.25) is 0 Å². The fraction of sp³-hybridized carbons (Fsp3) is 0.625. The largest absolute Gasteiger partial charge is 0.480 e. The van der Waals surface area contributed by atoms with Crippen LogP contribution in [0.3, 0.4) is 0 Å². The molecule has 0 aliphatic heterocycles. The summed E-state index contributed by atoms with van der Waals surface area (Å²) in [5.41, 5.74) is 0. The number of carboxylic acid groups (broad SMARTS) is 1. The number of hydrogen-bond acceptors (Lipinski definition) is 2. The lowest BCUT2D eigenvalue weighted by Crippen LogP contribution is -2.27. The first-order chi connectivity index (χ1) is 9.66. The van der Waals surface area contributed by atoms with Crippen LogP contribution in [-0.2, 0) is 9.59 Å². The molecule has 0 bridgehead atoms. The Morgan fingerprint density at radius 3 is 2.30 bits per heavy atom. The fourth-order valence-electron chi connectivity index (χ4n) is 1.76. The maximum absolute atomic E-state index is 11.1. The lowest BCUT2D eigenvalue weighted by atomic mass is 10.1. The number of nitrogens with one attached hydrogen (secondary N) is 1. The molecule has 0 aliphatic rings. The van der Waals surface area contributed by atoms with E-state index in [1.54, 1.807) is 6.08 Å². The lowest BCUT2D eigenvalue weighted by molar-refractivity contribution is -0.137. The summed E-state index contributed by atoms with van der Waals surface area (Å²) in [5.74, 6) is -1.42. The normalized spacial score (nSPS) is 11.2. The molecule has 0 aromatic carbocycles. The fourth-order valence-corrected chi connectivity index (χ4v) is 1.76. The molecule has 0 atom stereocenters. The average Bonchev–Trinajstić information content (AvgIpc) is 2.42.